The molecule has 17 heavy (non-hydrogen) atoms. The van der Waals surface area contributed by atoms with Crippen LogP contribution >= 0.6 is 0 Å². The second-order valence-corrected chi connectivity index (χ2v) is 5.16. The quantitative estimate of drug-likeness (QED) is 0.629. The Hall–Kier alpha value is -1.12. The molecule has 0 fully saturated rings. The van der Waals surface area contributed by atoms with Crippen molar-refractivity contribution in [2.24, 2.45) is 5.41 Å². The number of ketones is 1. The molecule has 0 aromatic carbocycles. The molecule has 1 amide bonds. The third kappa shape index (κ3) is 8.66. The highest BCUT2D eigenvalue weighted by Crippen LogP contribution is 2.23. The van der Waals surface area contributed by atoms with Crippen molar-refractivity contribution in [2.75, 3.05) is 6.54 Å². The van der Waals surface area contributed by atoms with E-state index in [9.17, 15) is 9.59 Å². The first-order valence-corrected chi connectivity index (χ1v) is 6.30. The molecule has 0 saturated heterocycles. The van der Waals surface area contributed by atoms with E-state index in [1.54, 1.807) is 6.08 Å². The number of amides is 1. The van der Waals surface area contributed by atoms with E-state index in [-0.39, 0.29) is 17.1 Å². The minimum absolute atomic E-state index is 0.0355. The molecular formula is C14H25NO2. The predicted octanol–water partition coefficient (Wildman–Crippen LogP) is 2.85. The average Bonchev–Trinajstić information content (AvgIpc) is 2.25. The first kappa shape index (κ1) is 15.9. The SMILES string of the molecule is C=CCCC(=O)CCNC(=O)CC(C)(C)CC. The highest BCUT2D eigenvalue weighted by atomic mass is 16.1. The molecule has 3 nitrogen and oxygen atoms in total. The Morgan fingerprint density at radius 2 is 1.94 bits per heavy atom. The van der Waals surface area contributed by atoms with Gasteiger partial charge >= 0.3 is 0 Å². The van der Waals surface area contributed by atoms with Gasteiger partial charge < -0.3 is 5.32 Å². The molecule has 0 aromatic heterocycles. The van der Waals surface area contributed by atoms with Gasteiger partial charge in [-0.3, -0.25) is 9.59 Å². The van der Waals surface area contributed by atoms with Gasteiger partial charge in [0, 0.05) is 25.8 Å². The van der Waals surface area contributed by atoms with Gasteiger partial charge in [0.25, 0.3) is 0 Å². The van der Waals surface area contributed by atoms with E-state index in [2.05, 4.69) is 32.7 Å². The third-order valence-corrected chi connectivity index (χ3v) is 2.95. The summed E-state index contributed by atoms with van der Waals surface area (Å²) in [6.07, 6.45) is 4.89. The number of hydrogen-bond donors (Lipinski definition) is 1. The highest BCUT2D eigenvalue weighted by Gasteiger charge is 2.19. The van der Waals surface area contributed by atoms with Gasteiger partial charge in [0.1, 0.15) is 5.78 Å². The van der Waals surface area contributed by atoms with Crippen molar-refractivity contribution in [1.82, 2.24) is 5.32 Å². The summed E-state index contributed by atoms with van der Waals surface area (Å²) in [5.41, 5.74) is 0.0386. The molecule has 0 saturated carbocycles. The molecule has 0 atom stereocenters. The summed E-state index contributed by atoms with van der Waals surface area (Å²) in [5.74, 6) is 0.216. The Morgan fingerprint density at radius 1 is 1.29 bits per heavy atom. The monoisotopic (exact) mass is 239 g/mol. The Bertz CT molecular complexity index is 269. The van der Waals surface area contributed by atoms with Gasteiger partial charge in [-0.1, -0.05) is 33.3 Å². The maximum Gasteiger partial charge on any atom is 0.220 e. The van der Waals surface area contributed by atoms with Crippen LogP contribution in [-0.2, 0) is 9.59 Å². The van der Waals surface area contributed by atoms with E-state index < -0.39 is 0 Å². The molecule has 0 aliphatic carbocycles. The van der Waals surface area contributed by atoms with Gasteiger partial charge in [-0.25, -0.2) is 0 Å². The normalized spacial score (nSPS) is 11.0. The molecule has 0 aliphatic rings. The van der Waals surface area contributed by atoms with Crippen LogP contribution in [-0.4, -0.2) is 18.2 Å². The van der Waals surface area contributed by atoms with Crippen LogP contribution in [0.1, 0.15) is 52.9 Å². The number of rotatable bonds is 9. The van der Waals surface area contributed by atoms with Crippen LogP contribution in [0.4, 0.5) is 0 Å². The molecule has 1 N–H and O–H groups in total. The summed E-state index contributed by atoms with van der Waals surface area (Å²) in [4.78, 5) is 22.9. The third-order valence-electron chi connectivity index (χ3n) is 2.95. The number of carbonyl (C=O) groups is 2. The van der Waals surface area contributed by atoms with Crippen molar-refractivity contribution in [3.05, 3.63) is 12.7 Å². The van der Waals surface area contributed by atoms with Crippen LogP contribution in [0, 0.1) is 5.41 Å². The smallest absolute Gasteiger partial charge is 0.220 e. The summed E-state index contributed by atoms with van der Waals surface area (Å²) in [5, 5.41) is 2.79. The van der Waals surface area contributed by atoms with Crippen molar-refractivity contribution in [3.8, 4) is 0 Å². The zero-order valence-corrected chi connectivity index (χ0v) is 11.3. The fourth-order valence-electron chi connectivity index (χ4n) is 1.35. The van der Waals surface area contributed by atoms with E-state index in [4.69, 9.17) is 0 Å². The lowest BCUT2D eigenvalue weighted by molar-refractivity contribution is -0.123. The lowest BCUT2D eigenvalue weighted by Crippen LogP contribution is -2.30. The summed E-state index contributed by atoms with van der Waals surface area (Å²) >= 11 is 0. The van der Waals surface area contributed by atoms with Crippen molar-refractivity contribution >= 4 is 11.7 Å². The van der Waals surface area contributed by atoms with Gasteiger partial charge in [-0.15, -0.1) is 6.58 Å². The summed E-state index contributed by atoms with van der Waals surface area (Å²) < 4.78 is 0. The molecule has 3 heteroatoms. The summed E-state index contributed by atoms with van der Waals surface area (Å²) in [6.45, 7) is 10.2. The number of Topliss-reactive ketones (excluding diaryl/α,β-unsaturated/α-hetero) is 1. The van der Waals surface area contributed by atoms with E-state index >= 15 is 0 Å². The van der Waals surface area contributed by atoms with Gasteiger partial charge in [0.05, 0.1) is 0 Å². The maximum absolute atomic E-state index is 11.6. The molecular weight excluding hydrogens is 214 g/mol. The average molecular weight is 239 g/mol. The van der Waals surface area contributed by atoms with Crippen LogP contribution in [0.2, 0.25) is 0 Å². The van der Waals surface area contributed by atoms with Gasteiger partial charge in [-0.2, -0.15) is 0 Å². The molecule has 0 unspecified atom stereocenters. The zero-order valence-electron chi connectivity index (χ0n) is 11.3. The van der Waals surface area contributed by atoms with E-state index in [1.165, 1.54) is 0 Å². The standard InChI is InChI=1S/C14H25NO2/c1-5-7-8-12(16)9-10-15-13(17)11-14(3,4)6-2/h5H,1,6-11H2,2-4H3,(H,15,17). The Balaban J connectivity index is 3.71. The van der Waals surface area contributed by atoms with Crippen molar-refractivity contribution in [3.63, 3.8) is 0 Å². The molecule has 98 valence electrons. The van der Waals surface area contributed by atoms with E-state index in [1.807, 2.05) is 0 Å². The number of nitrogens with one attached hydrogen (secondary N) is 1. The molecule has 0 aromatic rings. The minimum Gasteiger partial charge on any atom is -0.356 e. The van der Waals surface area contributed by atoms with Crippen molar-refractivity contribution in [2.45, 2.75) is 52.9 Å². The van der Waals surface area contributed by atoms with E-state index in [0.29, 0.717) is 25.8 Å². The van der Waals surface area contributed by atoms with Crippen LogP contribution < -0.4 is 5.32 Å². The molecule has 0 bridgehead atoms. The lowest BCUT2D eigenvalue weighted by atomic mass is 9.86. The van der Waals surface area contributed by atoms with Crippen LogP contribution in [0.15, 0.2) is 12.7 Å². The molecule has 0 rings (SSSR count). The topological polar surface area (TPSA) is 46.2 Å². The van der Waals surface area contributed by atoms with Gasteiger partial charge in [-0.05, 0) is 11.8 Å². The van der Waals surface area contributed by atoms with Crippen LogP contribution in [0.5, 0.6) is 0 Å². The zero-order chi connectivity index (χ0) is 13.3. The molecule has 0 aliphatic heterocycles. The first-order chi connectivity index (χ1) is 7.91. The molecule has 0 heterocycles. The largest absolute Gasteiger partial charge is 0.356 e. The second kappa shape index (κ2) is 8.04. The van der Waals surface area contributed by atoms with Crippen molar-refractivity contribution < 1.29 is 9.59 Å². The van der Waals surface area contributed by atoms with Crippen LogP contribution in [0.25, 0.3) is 0 Å². The Morgan fingerprint density at radius 3 is 2.47 bits per heavy atom. The summed E-state index contributed by atoms with van der Waals surface area (Å²) in [6, 6.07) is 0. The van der Waals surface area contributed by atoms with Gasteiger partial charge in [0.2, 0.25) is 5.91 Å². The second-order valence-electron chi connectivity index (χ2n) is 5.16. The molecule has 0 radical (unpaired) electrons. The highest BCUT2D eigenvalue weighted by molar-refractivity contribution is 5.80. The minimum atomic E-state index is 0.0355. The summed E-state index contributed by atoms with van der Waals surface area (Å²) in [7, 11) is 0. The fourth-order valence-corrected chi connectivity index (χ4v) is 1.35. The van der Waals surface area contributed by atoms with Crippen LogP contribution in [0.3, 0.4) is 0 Å². The van der Waals surface area contributed by atoms with E-state index in [0.717, 1.165) is 12.8 Å². The predicted molar refractivity (Wildman–Crippen MR) is 70.8 cm³/mol. The lowest BCUT2D eigenvalue weighted by Gasteiger charge is -2.21. The fraction of sp³-hybridized carbons (Fsp3) is 0.714. The number of hydrogen-bond acceptors (Lipinski definition) is 2. The maximum atomic E-state index is 11.6. The number of carbonyl (C=O) groups excluding carboxylic acids is 2. The molecule has 0 spiro atoms. The van der Waals surface area contributed by atoms with Crippen molar-refractivity contribution in [1.29, 1.82) is 0 Å². The Labute approximate surface area is 105 Å². The number of allylic oxidation sites excluding steroid dienone is 1. The van der Waals surface area contributed by atoms with Gasteiger partial charge in [0.15, 0.2) is 0 Å². The first-order valence-electron chi connectivity index (χ1n) is 6.30. The Kier molecular flexibility index (Phi) is 7.51.